The lowest BCUT2D eigenvalue weighted by Crippen LogP contribution is -2.47. The van der Waals surface area contributed by atoms with E-state index >= 15 is 0 Å². The number of hydrogen-bond donors (Lipinski definition) is 0. The molecule has 2 saturated heterocycles. The number of amides is 1. The molecular weight excluding hydrogens is 344 g/mol. The fraction of sp³-hybridized carbons (Fsp3) is 0.650. The van der Waals surface area contributed by atoms with Gasteiger partial charge in [0.25, 0.3) is 5.91 Å². The first-order chi connectivity index (χ1) is 13.1. The Morgan fingerprint density at radius 2 is 1.93 bits per heavy atom. The first-order valence-electron chi connectivity index (χ1n) is 10.0. The van der Waals surface area contributed by atoms with E-state index < -0.39 is 5.79 Å². The van der Waals surface area contributed by atoms with E-state index in [1.54, 1.807) is 6.20 Å². The topological polar surface area (TPSA) is 69.5 Å². The number of carbonyl (C=O) groups excluding carboxylic acids is 1. The van der Waals surface area contributed by atoms with Crippen LogP contribution in [0.4, 0.5) is 0 Å². The van der Waals surface area contributed by atoms with Crippen molar-refractivity contribution in [2.75, 3.05) is 26.3 Å². The van der Waals surface area contributed by atoms with Gasteiger partial charge in [0.15, 0.2) is 11.4 Å². The van der Waals surface area contributed by atoms with Crippen molar-refractivity contribution < 1.29 is 14.3 Å². The largest absolute Gasteiger partial charge is 0.347 e. The second-order valence-corrected chi connectivity index (χ2v) is 8.19. The summed E-state index contributed by atoms with van der Waals surface area (Å²) in [5.74, 6) is 0.0910. The third-order valence-corrected chi connectivity index (χ3v) is 5.93. The van der Waals surface area contributed by atoms with Crippen LogP contribution in [0.25, 0.3) is 11.0 Å². The highest BCUT2D eigenvalue weighted by Crippen LogP contribution is 2.41. The number of fused-ring (bicyclic) bond motifs is 1. The van der Waals surface area contributed by atoms with Gasteiger partial charge in [-0.25, -0.2) is 9.67 Å². The number of carbonyl (C=O) groups is 1. The molecule has 4 heterocycles. The maximum atomic E-state index is 13.4. The minimum absolute atomic E-state index is 0.0699. The van der Waals surface area contributed by atoms with Crippen molar-refractivity contribution in [2.45, 2.75) is 57.3 Å². The van der Waals surface area contributed by atoms with E-state index in [0.717, 1.165) is 48.0 Å². The molecule has 1 aliphatic carbocycles. The van der Waals surface area contributed by atoms with Gasteiger partial charge >= 0.3 is 0 Å². The van der Waals surface area contributed by atoms with Crippen LogP contribution in [-0.4, -0.2) is 57.7 Å². The van der Waals surface area contributed by atoms with E-state index in [1.165, 1.54) is 0 Å². The molecular formula is C20H26N4O3. The fourth-order valence-corrected chi connectivity index (χ4v) is 4.19. The Hall–Kier alpha value is -1.99. The number of aromatic nitrogens is 3. The van der Waals surface area contributed by atoms with E-state index in [9.17, 15) is 4.79 Å². The standard InChI is InChI=1S/C20H26N4O3/c1-13(2)24-18-16(12-21-24)15(11-17(22-18)14-3-4-14)19(25)23-7-5-20(6-8-23)26-9-10-27-20/h11-14H,3-10H2,1-2H3. The molecule has 0 unspecified atom stereocenters. The maximum absolute atomic E-state index is 13.4. The maximum Gasteiger partial charge on any atom is 0.254 e. The van der Waals surface area contributed by atoms with E-state index in [0.29, 0.717) is 32.2 Å². The van der Waals surface area contributed by atoms with Gasteiger partial charge in [-0.2, -0.15) is 5.10 Å². The summed E-state index contributed by atoms with van der Waals surface area (Å²) in [5.41, 5.74) is 2.59. The van der Waals surface area contributed by atoms with Crippen molar-refractivity contribution >= 4 is 16.9 Å². The van der Waals surface area contributed by atoms with Gasteiger partial charge in [-0.15, -0.1) is 0 Å². The van der Waals surface area contributed by atoms with E-state index in [4.69, 9.17) is 14.5 Å². The predicted molar refractivity (Wildman–Crippen MR) is 99.7 cm³/mol. The van der Waals surface area contributed by atoms with Crippen LogP contribution in [0, 0.1) is 0 Å². The molecule has 7 heteroatoms. The van der Waals surface area contributed by atoms with Gasteiger partial charge in [-0.1, -0.05) is 0 Å². The molecule has 0 aromatic carbocycles. The van der Waals surface area contributed by atoms with Gasteiger partial charge < -0.3 is 14.4 Å². The molecule has 144 valence electrons. The van der Waals surface area contributed by atoms with Crippen LogP contribution >= 0.6 is 0 Å². The van der Waals surface area contributed by atoms with Gasteiger partial charge in [0.1, 0.15) is 0 Å². The summed E-state index contributed by atoms with van der Waals surface area (Å²) in [6.45, 7) is 6.78. The Labute approximate surface area is 158 Å². The molecule has 7 nitrogen and oxygen atoms in total. The molecule has 5 rings (SSSR count). The molecule has 0 bridgehead atoms. The summed E-state index contributed by atoms with van der Waals surface area (Å²) in [6, 6.07) is 2.21. The van der Waals surface area contributed by atoms with E-state index in [1.807, 2.05) is 15.6 Å². The lowest BCUT2D eigenvalue weighted by Gasteiger charge is -2.37. The van der Waals surface area contributed by atoms with Crippen molar-refractivity contribution in [1.29, 1.82) is 0 Å². The van der Waals surface area contributed by atoms with Gasteiger partial charge in [0.2, 0.25) is 0 Å². The second-order valence-electron chi connectivity index (χ2n) is 8.19. The van der Waals surface area contributed by atoms with Crippen LogP contribution in [-0.2, 0) is 9.47 Å². The summed E-state index contributed by atoms with van der Waals surface area (Å²) in [6.07, 6.45) is 5.56. The van der Waals surface area contributed by atoms with Gasteiger partial charge in [-0.3, -0.25) is 4.79 Å². The number of piperidine rings is 1. The van der Waals surface area contributed by atoms with Crippen molar-refractivity contribution in [1.82, 2.24) is 19.7 Å². The number of nitrogens with zero attached hydrogens (tertiary/aromatic N) is 4. The molecule has 1 amide bonds. The van der Waals surface area contributed by atoms with Gasteiger partial charge in [0.05, 0.1) is 30.4 Å². The summed E-state index contributed by atoms with van der Waals surface area (Å²) >= 11 is 0. The molecule has 3 fully saturated rings. The van der Waals surface area contributed by atoms with Crippen LogP contribution in [0.15, 0.2) is 12.3 Å². The zero-order chi connectivity index (χ0) is 18.6. The molecule has 3 aliphatic rings. The van der Waals surface area contributed by atoms with Gasteiger partial charge in [0, 0.05) is 43.6 Å². The van der Waals surface area contributed by atoms with E-state index in [-0.39, 0.29) is 11.9 Å². The lowest BCUT2D eigenvalue weighted by molar-refractivity contribution is -0.181. The predicted octanol–water partition coefficient (Wildman–Crippen LogP) is 2.87. The zero-order valence-electron chi connectivity index (χ0n) is 16.0. The smallest absolute Gasteiger partial charge is 0.254 e. The summed E-state index contributed by atoms with van der Waals surface area (Å²) in [5, 5.41) is 5.36. The quantitative estimate of drug-likeness (QED) is 0.831. The van der Waals surface area contributed by atoms with Crippen LogP contribution in [0.1, 0.15) is 67.5 Å². The molecule has 27 heavy (non-hydrogen) atoms. The molecule has 0 atom stereocenters. The van der Waals surface area contributed by atoms with Crippen molar-refractivity contribution in [2.24, 2.45) is 0 Å². The summed E-state index contributed by atoms with van der Waals surface area (Å²) in [4.78, 5) is 20.2. The first kappa shape index (κ1) is 17.1. The molecule has 0 N–H and O–H groups in total. The van der Waals surface area contributed by atoms with Gasteiger partial charge in [-0.05, 0) is 32.8 Å². The van der Waals surface area contributed by atoms with Crippen molar-refractivity contribution in [3.05, 3.63) is 23.5 Å². The molecule has 0 radical (unpaired) electrons. The Bertz CT molecular complexity index is 871. The van der Waals surface area contributed by atoms with Crippen molar-refractivity contribution in [3.8, 4) is 0 Å². The highest BCUT2D eigenvalue weighted by atomic mass is 16.7. The van der Waals surface area contributed by atoms with Crippen molar-refractivity contribution in [3.63, 3.8) is 0 Å². The Balaban J connectivity index is 1.47. The second kappa shape index (κ2) is 6.27. The summed E-state index contributed by atoms with van der Waals surface area (Å²) in [7, 11) is 0. The number of likely N-dealkylation sites (tertiary alicyclic amines) is 1. The minimum atomic E-state index is -0.466. The lowest BCUT2D eigenvalue weighted by atomic mass is 10.0. The minimum Gasteiger partial charge on any atom is -0.347 e. The number of ether oxygens (including phenoxy) is 2. The van der Waals surface area contributed by atoms with Crippen LogP contribution in [0.2, 0.25) is 0 Å². The van der Waals surface area contributed by atoms with Crippen LogP contribution in [0.3, 0.4) is 0 Å². The molecule has 1 spiro atoms. The Morgan fingerprint density at radius 3 is 2.56 bits per heavy atom. The number of pyridine rings is 1. The Morgan fingerprint density at radius 1 is 1.22 bits per heavy atom. The first-order valence-corrected chi connectivity index (χ1v) is 10.0. The average molecular weight is 370 g/mol. The third-order valence-electron chi connectivity index (χ3n) is 5.93. The molecule has 2 aromatic heterocycles. The molecule has 2 aliphatic heterocycles. The summed E-state index contributed by atoms with van der Waals surface area (Å²) < 4.78 is 13.5. The molecule has 2 aromatic rings. The highest BCUT2D eigenvalue weighted by Gasteiger charge is 2.41. The SMILES string of the molecule is CC(C)n1ncc2c(C(=O)N3CCC4(CC3)OCCO4)cc(C3CC3)nc21. The number of rotatable bonds is 3. The highest BCUT2D eigenvalue weighted by molar-refractivity contribution is 6.05. The average Bonchev–Trinajstić information content (AvgIpc) is 3.28. The zero-order valence-corrected chi connectivity index (χ0v) is 16.0. The monoisotopic (exact) mass is 370 g/mol. The normalized spacial score (nSPS) is 22.3. The van der Waals surface area contributed by atoms with E-state index in [2.05, 4.69) is 18.9 Å². The number of hydrogen-bond acceptors (Lipinski definition) is 5. The van der Waals surface area contributed by atoms with Crippen LogP contribution in [0.5, 0.6) is 0 Å². The molecule has 1 saturated carbocycles. The van der Waals surface area contributed by atoms with Crippen LogP contribution < -0.4 is 0 Å². The Kier molecular flexibility index (Phi) is 3.98. The fourth-order valence-electron chi connectivity index (χ4n) is 4.19. The third kappa shape index (κ3) is 2.93.